The van der Waals surface area contributed by atoms with E-state index >= 15 is 0 Å². The van der Waals surface area contributed by atoms with E-state index in [0.29, 0.717) is 0 Å². The molecular formula is C24H28ClFN2O. The molecule has 5 heteroatoms. The van der Waals surface area contributed by atoms with Crippen molar-refractivity contribution in [2.24, 2.45) is 0 Å². The first-order chi connectivity index (χ1) is 13.7. The molecule has 3 nitrogen and oxygen atoms in total. The van der Waals surface area contributed by atoms with Crippen molar-refractivity contribution in [3.63, 3.8) is 0 Å². The minimum absolute atomic E-state index is 0. The number of hydrogen-bond donors (Lipinski definition) is 1. The number of likely N-dealkylation sites (tertiary alicyclic amines) is 1. The van der Waals surface area contributed by atoms with Crippen molar-refractivity contribution in [1.82, 2.24) is 10.2 Å². The van der Waals surface area contributed by atoms with E-state index in [1.807, 2.05) is 23.1 Å². The number of halogens is 2. The molecule has 2 fully saturated rings. The van der Waals surface area contributed by atoms with E-state index in [2.05, 4.69) is 35.7 Å². The van der Waals surface area contributed by atoms with Gasteiger partial charge < -0.3 is 10.2 Å². The smallest absolute Gasteiger partial charge is 0.210 e. The third kappa shape index (κ3) is 4.88. The fourth-order valence-electron chi connectivity index (χ4n) is 4.80. The molecule has 4 rings (SSSR count). The van der Waals surface area contributed by atoms with Crippen LogP contribution in [0.5, 0.6) is 0 Å². The second kappa shape index (κ2) is 9.55. The molecule has 2 aromatic rings. The lowest BCUT2D eigenvalue weighted by atomic mass is 9.76. The molecule has 2 saturated heterocycles. The van der Waals surface area contributed by atoms with Crippen LogP contribution in [0.2, 0.25) is 0 Å². The van der Waals surface area contributed by atoms with Gasteiger partial charge in [0, 0.05) is 12.1 Å². The summed E-state index contributed by atoms with van der Waals surface area (Å²) in [4.78, 5) is 13.9. The Morgan fingerprint density at radius 2 is 1.90 bits per heavy atom. The third-order valence-electron chi connectivity index (χ3n) is 6.20. The molecule has 0 aromatic heterocycles. The predicted octanol–water partition coefficient (Wildman–Crippen LogP) is 4.62. The first-order valence-electron chi connectivity index (χ1n) is 10.1. The molecule has 2 heterocycles. The number of hydrogen-bond acceptors (Lipinski definition) is 2. The minimum atomic E-state index is -0.215. The molecule has 2 aliphatic rings. The molecule has 1 unspecified atom stereocenters. The van der Waals surface area contributed by atoms with Gasteiger partial charge in [-0.3, -0.25) is 4.79 Å². The largest absolute Gasteiger partial charge is 0.340 e. The minimum Gasteiger partial charge on any atom is -0.340 e. The lowest BCUT2D eigenvalue weighted by molar-refractivity contribution is -0.122. The molecule has 2 atom stereocenters. The zero-order valence-corrected chi connectivity index (χ0v) is 17.3. The predicted molar refractivity (Wildman–Crippen MR) is 118 cm³/mol. The van der Waals surface area contributed by atoms with Crippen molar-refractivity contribution >= 4 is 24.9 Å². The van der Waals surface area contributed by atoms with Gasteiger partial charge in [-0.25, -0.2) is 4.39 Å². The van der Waals surface area contributed by atoms with Gasteiger partial charge >= 0.3 is 0 Å². The number of carbonyl (C=O) groups is 1. The van der Waals surface area contributed by atoms with E-state index in [1.165, 1.54) is 23.3 Å². The van der Waals surface area contributed by atoms with Gasteiger partial charge in [0.1, 0.15) is 5.82 Å². The van der Waals surface area contributed by atoms with E-state index in [9.17, 15) is 9.18 Å². The van der Waals surface area contributed by atoms with Crippen LogP contribution in [-0.4, -0.2) is 36.0 Å². The van der Waals surface area contributed by atoms with Gasteiger partial charge in [-0.2, -0.15) is 0 Å². The summed E-state index contributed by atoms with van der Waals surface area (Å²) in [6.07, 6.45) is 8.04. The normalized spacial score (nSPS) is 25.6. The maximum absolute atomic E-state index is 13.2. The fraction of sp³-hybridized carbons (Fsp3) is 0.375. The van der Waals surface area contributed by atoms with E-state index < -0.39 is 0 Å². The molecule has 0 aliphatic carbocycles. The van der Waals surface area contributed by atoms with Crippen LogP contribution < -0.4 is 5.32 Å². The molecule has 1 N–H and O–H groups in total. The maximum Gasteiger partial charge on any atom is 0.210 e. The number of nitrogens with one attached hydrogen (secondary N) is 1. The summed E-state index contributed by atoms with van der Waals surface area (Å²) in [5, 5.41) is 3.77. The van der Waals surface area contributed by atoms with Crippen LogP contribution in [-0.2, 0) is 11.2 Å². The van der Waals surface area contributed by atoms with Crippen molar-refractivity contribution in [2.75, 3.05) is 13.1 Å². The molecule has 154 valence electrons. The Hall–Kier alpha value is -2.17. The standard InChI is InChI=1S/C24H27FN2O.ClH/c25-22-9-7-19(8-10-22)15-21-11-14-27(18-28)23(16-21)24(12-4-13-26-24)17-20-5-2-1-3-6-20;/h1-3,5-10,15,18,23,26H,4,11-14,16-17H2;1H/t23?,24-;/m0./s1. The maximum atomic E-state index is 13.2. The average molecular weight is 415 g/mol. The molecule has 0 spiro atoms. The van der Waals surface area contributed by atoms with Gasteiger partial charge in [-0.1, -0.05) is 54.1 Å². The van der Waals surface area contributed by atoms with Gasteiger partial charge in [0.25, 0.3) is 0 Å². The Labute approximate surface area is 178 Å². The van der Waals surface area contributed by atoms with E-state index in [-0.39, 0.29) is 29.8 Å². The van der Waals surface area contributed by atoms with Gasteiger partial charge in [0.05, 0.1) is 6.04 Å². The molecule has 2 aromatic carbocycles. The highest BCUT2D eigenvalue weighted by molar-refractivity contribution is 5.85. The molecule has 1 amide bonds. The van der Waals surface area contributed by atoms with Crippen LogP contribution in [0.15, 0.2) is 60.2 Å². The number of nitrogens with zero attached hydrogens (tertiary/aromatic N) is 1. The number of piperidine rings is 1. The van der Waals surface area contributed by atoms with Crippen molar-refractivity contribution in [2.45, 2.75) is 43.7 Å². The van der Waals surface area contributed by atoms with Crippen molar-refractivity contribution < 1.29 is 9.18 Å². The summed E-state index contributed by atoms with van der Waals surface area (Å²) in [6, 6.07) is 17.3. The van der Waals surface area contributed by atoms with Crippen molar-refractivity contribution in [3.05, 3.63) is 77.1 Å². The van der Waals surface area contributed by atoms with E-state index in [4.69, 9.17) is 0 Å². The first kappa shape index (κ1) is 21.5. The zero-order valence-electron chi connectivity index (χ0n) is 16.5. The molecule has 2 aliphatic heterocycles. The molecule has 29 heavy (non-hydrogen) atoms. The SMILES string of the molecule is Cl.O=CN1CCC(=Cc2ccc(F)cc2)CC1[C@@]1(Cc2ccccc2)CCCN1. The van der Waals surface area contributed by atoms with Crippen LogP contribution >= 0.6 is 12.4 Å². The van der Waals surface area contributed by atoms with E-state index in [0.717, 1.165) is 57.2 Å². The lowest BCUT2D eigenvalue weighted by Crippen LogP contribution is -2.60. The highest BCUT2D eigenvalue weighted by atomic mass is 35.5. The fourth-order valence-corrected chi connectivity index (χ4v) is 4.80. The third-order valence-corrected chi connectivity index (χ3v) is 6.20. The topological polar surface area (TPSA) is 32.3 Å². The van der Waals surface area contributed by atoms with Crippen LogP contribution in [0.1, 0.15) is 36.8 Å². The Kier molecular flexibility index (Phi) is 7.09. The van der Waals surface area contributed by atoms with E-state index in [1.54, 1.807) is 0 Å². The highest BCUT2D eigenvalue weighted by Crippen LogP contribution is 2.37. The number of rotatable bonds is 5. The highest BCUT2D eigenvalue weighted by Gasteiger charge is 2.45. The number of carbonyl (C=O) groups excluding carboxylic acids is 1. The summed E-state index contributed by atoms with van der Waals surface area (Å²) in [6.45, 7) is 1.73. The Morgan fingerprint density at radius 3 is 2.55 bits per heavy atom. The summed E-state index contributed by atoms with van der Waals surface area (Å²) < 4.78 is 13.2. The molecule has 0 saturated carbocycles. The summed E-state index contributed by atoms with van der Waals surface area (Å²) in [5.41, 5.74) is 3.56. The summed E-state index contributed by atoms with van der Waals surface area (Å²) in [5.74, 6) is -0.215. The summed E-state index contributed by atoms with van der Waals surface area (Å²) >= 11 is 0. The van der Waals surface area contributed by atoms with Crippen molar-refractivity contribution in [1.29, 1.82) is 0 Å². The Bertz CT molecular complexity index is 832. The number of amides is 1. The second-order valence-electron chi connectivity index (χ2n) is 8.02. The number of benzene rings is 2. The van der Waals surface area contributed by atoms with Gasteiger partial charge in [-0.05, 0) is 61.9 Å². The van der Waals surface area contributed by atoms with Gasteiger partial charge in [-0.15, -0.1) is 12.4 Å². The molecular weight excluding hydrogens is 387 g/mol. The Balaban J connectivity index is 0.00000240. The van der Waals surface area contributed by atoms with Gasteiger partial charge in [0.15, 0.2) is 0 Å². The molecule has 0 radical (unpaired) electrons. The van der Waals surface area contributed by atoms with Crippen LogP contribution in [0, 0.1) is 5.82 Å². The Morgan fingerprint density at radius 1 is 1.14 bits per heavy atom. The quantitative estimate of drug-likeness (QED) is 0.724. The summed E-state index contributed by atoms with van der Waals surface area (Å²) in [7, 11) is 0. The monoisotopic (exact) mass is 414 g/mol. The van der Waals surface area contributed by atoms with Crippen LogP contribution in [0.4, 0.5) is 4.39 Å². The lowest BCUT2D eigenvalue weighted by Gasteiger charge is -2.46. The van der Waals surface area contributed by atoms with Crippen LogP contribution in [0.3, 0.4) is 0 Å². The van der Waals surface area contributed by atoms with Gasteiger partial charge in [0.2, 0.25) is 6.41 Å². The van der Waals surface area contributed by atoms with Crippen LogP contribution in [0.25, 0.3) is 6.08 Å². The average Bonchev–Trinajstić information content (AvgIpc) is 3.20. The molecule has 0 bridgehead atoms. The first-order valence-corrected chi connectivity index (χ1v) is 10.1. The van der Waals surface area contributed by atoms with Crippen molar-refractivity contribution in [3.8, 4) is 0 Å². The zero-order chi connectivity index (χ0) is 19.4. The second-order valence-corrected chi connectivity index (χ2v) is 8.02.